The van der Waals surface area contributed by atoms with Crippen molar-refractivity contribution in [3.05, 3.63) is 72.3 Å². The molecule has 0 aliphatic carbocycles. The highest BCUT2D eigenvalue weighted by atomic mass is 32.2. The molecule has 2 aromatic carbocycles. The van der Waals surface area contributed by atoms with Crippen LogP contribution in [0.1, 0.15) is 5.56 Å². The molecule has 0 bridgehead atoms. The number of para-hydroxylation sites is 1. The van der Waals surface area contributed by atoms with E-state index in [0.29, 0.717) is 18.2 Å². The van der Waals surface area contributed by atoms with E-state index in [4.69, 9.17) is 4.74 Å². The zero-order valence-corrected chi connectivity index (χ0v) is 14.7. The number of rotatable bonds is 7. The monoisotopic (exact) mass is 377 g/mol. The predicted octanol–water partition coefficient (Wildman–Crippen LogP) is 3.05. The molecule has 7 heteroatoms. The van der Waals surface area contributed by atoms with Gasteiger partial charge in [-0.25, -0.2) is 17.2 Å². The summed E-state index contributed by atoms with van der Waals surface area (Å²) < 4.78 is 57.8. The SMILES string of the molecule is C=CCc1ccccc1OCC#CCNS(=O)(=O)c1cc(F)cc(F)c1. The van der Waals surface area contributed by atoms with Gasteiger partial charge in [0.15, 0.2) is 0 Å². The number of hydrogen-bond donors (Lipinski definition) is 1. The van der Waals surface area contributed by atoms with Crippen molar-refractivity contribution in [2.24, 2.45) is 0 Å². The Kier molecular flexibility index (Phi) is 6.89. The number of halogens is 2. The molecule has 0 atom stereocenters. The molecule has 26 heavy (non-hydrogen) atoms. The summed E-state index contributed by atoms with van der Waals surface area (Å²) in [5, 5.41) is 0. The average Bonchev–Trinajstić information content (AvgIpc) is 2.58. The van der Waals surface area contributed by atoms with Crippen molar-refractivity contribution in [2.45, 2.75) is 11.3 Å². The van der Waals surface area contributed by atoms with Crippen LogP contribution in [-0.4, -0.2) is 21.6 Å². The predicted molar refractivity (Wildman–Crippen MR) is 95.2 cm³/mol. The van der Waals surface area contributed by atoms with Crippen molar-refractivity contribution in [3.8, 4) is 17.6 Å². The molecule has 0 amide bonds. The van der Waals surface area contributed by atoms with E-state index in [1.807, 2.05) is 24.3 Å². The summed E-state index contributed by atoms with van der Waals surface area (Å²) in [6.45, 7) is 3.54. The number of allylic oxidation sites excluding steroid dienone is 1. The molecule has 136 valence electrons. The molecule has 0 aromatic heterocycles. The van der Waals surface area contributed by atoms with Crippen LogP contribution < -0.4 is 9.46 Å². The molecule has 0 saturated heterocycles. The zero-order valence-electron chi connectivity index (χ0n) is 13.8. The fraction of sp³-hybridized carbons (Fsp3) is 0.158. The van der Waals surface area contributed by atoms with Gasteiger partial charge in [0.25, 0.3) is 0 Å². The fourth-order valence-electron chi connectivity index (χ4n) is 2.09. The topological polar surface area (TPSA) is 55.4 Å². The van der Waals surface area contributed by atoms with Gasteiger partial charge in [0.2, 0.25) is 10.0 Å². The van der Waals surface area contributed by atoms with Gasteiger partial charge in [0.05, 0.1) is 11.4 Å². The maximum Gasteiger partial charge on any atom is 0.241 e. The molecule has 0 heterocycles. The molecule has 0 fully saturated rings. The van der Waals surface area contributed by atoms with E-state index < -0.39 is 26.6 Å². The molecule has 0 aliphatic heterocycles. The summed E-state index contributed by atoms with van der Waals surface area (Å²) in [6, 6.07) is 9.51. The van der Waals surface area contributed by atoms with Gasteiger partial charge in [-0.05, 0) is 30.2 Å². The van der Waals surface area contributed by atoms with Crippen molar-refractivity contribution < 1.29 is 21.9 Å². The van der Waals surface area contributed by atoms with E-state index in [-0.39, 0.29) is 13.2 Å². The van der Waals surface area contributed by atoms with E-state index in [9.17, 15) is 17.2 Å². The Hall–Kier alpha value is -2.69. The van der Waals surface area contributed by atoms with Crippen molar-refractivity contribution in [2.75, 3.05) is 13.2 Å². The molecular formula is C19H17F2NO3S. The van der Waals surface area contributed by atoms with Crippen LogP contribution in [-0.2, 0) is 16.4 Å². The standard InChI is InChI=1S/C19H17F2NO3S/c1-2-7-15-8-3-4-9-19(15)25-11-6-5-10-22-26(23,24)18-13-16(20)12-17(21)14-18/h2-4,8-9,12-14,22H,1,7,10-11H2. The number of benzene rings is 2. The summed E-state index contributed by atoms with van der Waals surface area (Å²) in [6.07, 6.45) is 2.42. The van der Waals surface area contributed by atoms with Crippen LogP contribution in [0.4, 0.5) is 8.78 Å². The highest BCUT2D eigenvalue weighted by Crippen LogP contribution is 2.18. The first-order valence-electron chi connectivity index (χ1n) is 7.65. The molecule has 1 N–H and O–H groups in total. The second-order valence-electron chi connectivity index (χ2n) is 5.17. The normalized spacial score (nSPS) is 10.7. The third-order valence-corrected chi connectivity index (χ3v) is 4.64. The van der Waals surface area contributed by atoms with Crippen LogP contribution in [0.25, 0.3) is 0 Å². The first kappa shape index (κ1) is 19.6. The molecule has 0 spiro atoms. The number of ether oxygens (including phenoxy) is 1. The third-order valence-electron chi connectivity index (χ3n) is 3.26. The lowest BCUT2D eigenvalue weighted by Gasteiger charge is -2.07. The summed E-state index contributed by atoms with van der Waals surface area (Å²) in [5.74, 6) is 4.01. The molecule has 2 aromatic rings. The Balaban J connectivity index is 1.90. The van der Waals surface area contributed by atoms with Crippen LogP contribution >= 0.6 is 0 Å². The summed E-state index contributed by atoms with van der Waals surface area (Å²) in [7, 11) is -4.04. The average molecular weight is 377 g/mol. The molecule has 0 unspecified atom stereocenters. The Labute approximate surface area is 151 Å². The van der Waals surface area contributed by atoms with Gasteiger partial charge in [-0.15, -0.1) is 6.58 Å². The van der Waals surface area contributed by atoms with Crippen molar-refractivity contribution in [1.82, 2.24) is 4.72 Å². The van der Waals surface area contributed by atoms with Crippen LogP contribution in [0.15, 0.2) is 60.0 Å². The van der Waals surface area contributed by atoms with Crippen LogP contribution in [0.5, 0.6) is 5.75 Å². The van der Waals surface area contributed by atoms with Gasteiger partial charge in [0, 0.05) is 6.07 Å². The lowest BCUT2D eigenvalue weighted by atomic mass is 10.1. The molecule has 4 nitrogen and oxygen atoms in total. The van der Waals surface area contributed by atoms with Gasteiger partial charge in [0.1, 0.15) is 24.0 Å². The lowest BCUT2D eigenvalue weighted by molar-refractivity contribution is 0.366. The summed E-state index contributed by atoms with van der Waals surface area (Å²) in [5.41, 5.74) is 0.970. The van der Waals surface area contributed by atoms with Crippen molar-refractivity contribution >= 4 is 10.0 Å². The summed E-state index contributed by atoms with van der Waals surface area (Å²) >= 11 is 0. The van der Waals surface area contributed by atoms with E-state index in [2.05, 4.69) is 23.1 Å². The first-order valence-corrected chi connectivity index (χ1v) is 9.14. The Morgan fingerprint density at radius 2 is 1.81 bits per heavy atom. The van der Waals surface area contributed by atoms with Crippen molar-refractivity contribution in [3.63, 3.8) is 0 Å². The minimum Gasteiger partial charge on any atom is -0.481 e. The van der Waals surface area contributed by atoms with E-state index in [1.165, 1.54) is 0 Å². The first-order chi connectivity index (χ1) is 12.4. The third kappa shape index (κ3) is 5.69. The van der Waals surface area contributed by atoms with Crippen molar-refractivity contribution in [1.29, 1.82) is 0 Å². The smallest absolute Gasteiger partial charge is 0.241 e. The van der Waals surface area contributed by atoms with E-state index in [0.717, 1.165) is 17.7 Å². The lowest BCUT2D eigenvalue weighted by Crippen LogP contribution is -2.24. The Bertz CT molecular complexity index is 926. The molecule has 2 rings (SSSR count). The zero-order chi connectivity index (χ0) is 19.0. The Morgan fingerprint density at radius 1 is 1.12 bits per heavy atom. The van der Waals surface area contributed by atoms with Gasteiger partial charge in [-0.2, -0.15) is 4.72 Å². The highest BCUT2D eigenvalue weighted by Gasteiger charge is 2.15. The molecule has 0 aliphatic rings. The van der Waals surface area contributed by atoms with Crippen LogP contribution in [0, 0.1) is 23.5 Å². The van der Waals surface area contributed by atoms with E-state index >= 15 is 0 Å². The fourth-order valence-corrected chi connectivity index (χ4v) is 3.06. The molecular weight excluding hydrogens is 360 g/mol. The van der Waals surface area contributed by atoms with Crippen LogP contribution in [0.2, 0.25) is 0 Å². The van der Waals surface area contributed by atoms with Crippen LogP contribution in [0.3, 0.4) is 0 Å². The highest BCUT2D eigenvalue weighted by molar-refractivity contribution is 7.89. The Morgan fingerprint density at radius 3 is 2.50 bits per heavy atom. The van der Waals surface area contributed by atoms with Gasteiger partial charge in [-0.1, -0.05) is 36.1 Å². The van der Waals surface area contributed by atoms with E-state index in [1.54, 1.807) is 6.08 Å². The minimum absolute atomic E-state index is 0.0739. The van der Waals surface area contributed by atoms with Gasteiger partial charge >= 0.3 is 0 Å². The van der Waals surface area contributed by atoms with Gasteiger partial charge in [-0.3, -0.25) is 0 Å². The number of nitrogens with one attached hydrogen (secondary N) is 1. The second kappa shape index (κ2) is 9.13. The summed E-state index contributed by atoms with van der Waals surface area (Å²) in [4.78, 5) is -0.494. The van der Waals surface area contributed by atoms with Gasteiger partial charge < -0.3 is 4.74 Å². The number of sulfonamides is 1. The maximum absolute atomic E-state index is 13.1. The number of hydrogen-bond acceptors (Lipinski definition) is 3. The largest absolute Gasteiger partial charge is 0.481 e. The minimum atomic E-state index is -4.04. The molecule has 0 saturated carbocycles. The maximum atomic E-state index is 13.1. The second-order valence-corrected chi connectivity index (χ2v) is 6.94. The quantitative estimate of drug-likeness (QED) is 0.596. The molecule has 0 radical (unpaired) electrons.